The number of anilines is 4. The summed E-state index contributed by atoms with van der Waals surface area (Å²) in [6, 6.07) is 0. The van der Waals surface area contributed by atoms with Gasteiger partial charge in [-0.3, -0.25) is 28.3 Å². The molecule has 17 heteroatoms. The summed E-state index contributed by atoms with van der Waals surface area (Å²) < 4.78 is 34.3. The molecule has 2 aliphatic heterocycles. The summed E-state index contributed by atoms with van der Waals surface area (Å²) >= 11 is 0. The van der Waals surface area contributed by atoms with Crippen LogP contribution in [0.15, 0.2) is 19.2 Å². The van der Waals surface area contributed by atoms with Crippen LogP contribution in [-0.2, 0) is 18.2 Å². The van der Waals surface area contributed by atoms with E-state index in [1.165, 1.54) is 0 Å². The molecule has 4 rings (SSSR count). The van der Waals surface area contributed by atoms with Crippen LogP contribution >= 0.6 is 15.2 Å². The third-order valence-electron chi connectivity index (χ3n) is 7.36. The molecule has 6 N–H and O–H groups in total. The Morgan fingerprint density at radius 3 is 1.40 bits per heavy atom. The van der Waals surface area contributed by atoms with Crippen molar-refractivity contribution >= 4 is 37.9 Å². The van der Waals surface area contributed by atoms with Crippen LogP contribution in [0.3, 0.4) is 0 Å². The van der Waals surface area contributed by atoms with Crippen molar-refractivity contribution < 1.29 is 33.4 Å². The summed E-state index contributed by atoms with van der Waals surface area (Å²) in [4.78, 5) is 69.3. The molecule has 43 heavy (non-hydrogen) atoms. The van der Waals surface area contributed by atoms with E-state index < -0.39 is 36.9 Å². The SMILES string of the molecule is CCC(C)OP(=O)(O)CCN1CCCNc2c1c(=O)c2=O.CCC(C)OP(=O)(O)CCN1CCCNc2c1c(=O)c2=O.O. The fourth-order valence-electron chi connectivity index (χ4n) is 4.64. The molecule has 0 bridgehead atoms. The molecule has 0 amide bonds. The molecule has 4 unspecified atom stereocenters. The highest BCUT2D eigenvalue weighted by atomic mass is 31.2. The van der Waals surface area contributed by atoms with E-state index in [2.05, 4.69) is 10.6 Å². The van der Waals surface area contributed by atoms with E-state index in [9.17, 15) is 38.1 Å². The lowest BCUT2D eigenvalue weighted by Gasteiger charge is -2.26. The molecule has 244 valence electrons. The molecule has 0 fully saturated rings. The topological polar surface area (TPSA) is 223 Å². The maximum Gasteiger partial charge on any atom is 0.330 e. The van der Waals surface area contributed by atoms with Crippen molar-refractivity contribution in [1.82, 2.24) is 0 Å². The van der Waals surface area contributed by atoms with Crippen molar-refractivity contribution in [1.29, 1.82) is 0 Å². The fraction of sp³-hybridized carbons (Fsp3) is 0.692. The quantitative estimate of drug-likeness (QED) is 0.186. The van der Waals surface area contributed by atoms with Crippen LogP contribution in [0.5, 0.6) is 0 Å². The molecule has 0 saturated heterocycles. The molecule has 2 aromatic carbocycles. The van der Waals surface area contributed by atoms with Gasteiger partial charge in [0.1, 0.15) is 22.7 Å². The van der Waals surface area contributed by atoms with Crippen LogP contribution in [0.1, 0.15) is 53.4 Å². The van der Waals surface area contributed by atoms with Gasteiger partial charge < -0.3 is 44.7 Å². The van der Waals surface area contributed by atoms with Gasteiger partial charge in [-0.1, -0.05) is 13.8 Å². The average Bonchev–Trinajstić information content (AvgIpc) is 3.27. The van der Waals surface area contributed by atoms with Crippen molar-refractivity contribution in [3.8, 4) is 0 Å². The number of hydrogen-bond donors (Lipinski definition) is 4. The Hall–Kier alpha value is -2.38. The zero-order chi connectivity index (χ0) is 31.2. The predicted octanol–water partition coefficient (Wildman–Crippen LogP) is 0.986. The Labute approximate surface area is 249 Å². The molecule has 15 nitrogen and oxygen atoms in total. The van der Waals surface area contributed by atoms with E-state index in [0.717, 1.165) is 12.8 Å². The number of rotatable bonds is 12. The van der Waals surface area contributed by atoms with Crippen LogP contribution in [-0.4, -0.2) is 79.1 Å². The van der Waals surface area contributed by atoms with Crippen molar-refractivity contribution in [2.24, 2.45) is 0 Å². The highest BCUT2D eigenvalue weighted by Gasteiger charge is 2.31. The molecule has 0 saturated carbocycles. The zero-order valence-corrected chi connectivity index (χ0v) is 26.9. The van der Waals surface area contributed by atoms with Gasteiger partial charge in [0, 0.05) is 39.3 Å². The Morgan fingerprint density at radius 1 is 0.721 bits per heavy atom. The summed E-state index contributed by atoms with van der Waals surface area (Å²) in [7, 11) is -7.37. The van der Waals surface area contributed by atoms with Gasteiger partial charge in [0.2, 0.25) is 0 Å². The fourth-order valence-corrected chi connectivity index (χ4v) is 7.26. The standard InChI is InChI=1S/2C13H21N2O5P.H2O/c2*1-3-9(2)20-21(18,19)8-7-15-6-4-5-14-10-11(15)13(17)12(10)16;/h2*9,14H,3-8H2,1-2H3,(H,18,19);1H2. The van der Waals surface area contributed by atoms with Gasteiger partial charge >= 0.3 is 15.2 Å². The van der Waals surface area contributed by atoms with Crippen LogP contribution in [0.4, 0.5) is 22.7 Å². The van der Waals surface area contributed by atoms with Gasteiger partial charge in [0.05, 0.1) is 24.5 Å². The molecular formula is C26H44N4O11P2. The van der Waals surface area contributed by atoms with E-state index in [1.54, 1.807) is 23.6 Å². The van der Waals surface area contributed by atoms with Crippen LogP contribution in [0, 0.1) is 0 Å². The second kappa shape index (κ2) is 15.6. The van der Waals surface area contributed by atoms with Crippen LogP contribution in [0.2, 0.25) is 0 Å². The maximum atomic E-state index is 12.0. The summed E-state index contributed by atoms with van der Waals surface area (Å²) in [5.74, 6) is 0. The van der Waals surface area contributed by atoms with Crippen molar-refractivity contribution in [2.75, 3.05) is 72.0 Å². The van der Waals surface area contributed by atoms with E-state index in [4.69, 9.17) is 9.05 Å². The molecule has 4 atom stereocenters. The Morgan fingerprint density at radius 2 is 1.07 bits per heavy atom. The first-order valence-electron chi connectivity index (χ1n) is 14.4. The van der Waals surface area contributed by atoms with Crippen molar-refractivity contribution in [3.63, 3.8) is 0 Å². The number of nitrogens with zero attached hydrogens (tertiary/aromatic N) is 2. The van der Waals surface area contributed by atoms with E-state index in [0.29, 0.717) is 61.8 Å². The lowest BCUT2D eigenvalue weighted by molar-refractivity contribution is 0.185. The van der Waals surface area contributed by atoms with Crippen LogP contribution < -0.4 is 42.1 Å². The number of fused-ring (bicyclic) bond motifs is 2. The number of nitrogens with one attached hydrogen (secondary N) is 2. The Balaban J connectivity index is 0.000000293. The number of hydrogen-bond acceptors (Lipinski definition) is 12. The first kappa shape index (κ1) is 36.8. The molecule has 0 spiro atoms. The Bertz CT molecular complexity index is 1360. The summed E-state index contributed by atoms with van der Waals surface area (Å²) in [5, 5.41) is 5.87. The van der Waals surface area contributed by atoms with E-state index in [1.807, 2.05) is 13.8 Å². The smallest absolute Gasteiger partial charge is 0.330 e. The predicted molar refractivity (Wildman–Crippen MR) is 168 cm³/mol. The highest BCUT2D eigenvalue weighted by Crippen LogP contribution is 2.44. The van der Waals surface area contributed by atoms with Crippen molar-refractivity contribution in [3.05, 3.63) is 40.9 Å². The maximum absolute atomic E-state index is 12.0. The average molecular weight is 651 g/mol. The molecule has 0 aliphatic carbocycles. The lowest BCUT2D eigenvalue weighted by atomic mass is 10.2. The zero-order valence-electron chi connectivity index (χ0n) is 25.1. The minimum Gasteiger partial charge on any atom is -0.412 e. The van der Waals surface area contributed by atoms with Gasteiger partial charge in [-0.25, -0.2) is 0 Å². The summed E-state index contributed by atoms with van der Waals surface area (Å²) in [5.41, 5.74) is -0.659. The van der Waals surface area contributed by atoms with Crippen molar-refractivity contribution in [2.45, 2.75) is 65.6 Å². The highest BCUT2D eigenvalue weighted by molar-refractivity contribution is 7.53. The normalized spacial score (nSPS) is 19.0. The first-order valence-corrected chi connectivity index (χ1v) is 17.9. The lowest BCUT2D eigenvalue weighted by Crippen LogP contribution is -2.42. The van der Waals surface area contributed by atoms with Gasteiger partial charge in [-0.15, -0.1) is 0 Å². The minimum atomic E-state index is -3.68. The van der Waals surface area contributed by atoms with E-state index >= 15 is 0 Å². The first-order chi connectivity index (χ1) is 19.7. The Kier molecular flexibility index (Phi) is 13.3. The molecular weight excluding hydrogens is 606 g/mol. The largest absolute Gasteiger partial charge is 0.412 e. The molecule has 0 radical (unpaired) electrons. The second-order valence-corrected chi connectivity index (χ2v) is 14.5. The van der Waals surface area contributed by atoms with Gasteiger partial charge in [-0.2, -0.15) is 0 Å². The van der Waals surface area contributed by atoms with Gasteiger partial charge in [0.25, 0.3) is 21.7 Å². The molecule has 2 heterocycles. The summed E-state index contributed by atoms with van der Waals surface area (Å²) in [6.07, 6.45) is 2.14. The second-order valence-electron chi connectivity index (χ2n) is 10.7. The van der Waals surface area contributed by atoms with Crippen LogP contribution in [0.25, 0.3) is 0 Å². The minimum absolute atomic E-state index is 0. The monoisotopic (exact) mass is 650 g/mol. The van der Waals surface area contributed by atoms with Gasteiger partial charge in [0.15, 0.2) is 0 Å². The third kappa shape index (κ3) is 9.31. The summed E-state index contributed by atoms with van der Waals surface area (Å²) in [6.45, 7) is 10.1. The molecule has 0 aromatic heterocycles. The van der Waals surface area contributed by atoms with Gasteiger partial charge in [-0.05, 0) is 39.5 Å². The third-order valence-corrected chi connectivity index (χ3v) is 10.3. The van der Waals surface area contributed by atoms with E-state index in [-0.39, 0.29) is 43.1 Å². The molecule has 2 aromatic rings. The molecule has 2 aliphatic rings.